The molecular formula is C16H23BrN2O3. The monoisotopic (exact) mass is 370 g/mol. The molecule has 1 aliphatic rings. The van der Waals surface area contributed by atoms with E-state index in [0.29, 0.717) is 29.9 Å². The van der Waals surface area contributed by atoms with Crippen molar-refractivity contribution in [2.45, 2.75) is 46.1 Å². The molecule has 1 saturated heterocycles. The summed E-state index contributed by atoms with van der Waals surface area (Å²) < 4.78 is 5.86. The van der Waals surface area contributed by atoms with Crippen LogP contribution in [0.5, 0.6) is 0 Å². The molecule has 2 rings (SSSR count). The second kappa shape index (κ2) is 6.86. The van der Waals surface area contributed by atoms with Crippen molar-refractivity contribution in [3.63, 3.8) is 0 Å². The maximum atomic E-state index is 12.3. The molecule has 6 heteroatoms. The number of nitrogens with one attached hydrogen (secondary N) is 1. The number of rotatable bonds is 3. The summed E-state index contributed by atoms with van der Waals surface area (Å²) in [5.41, 5.74) is -0.00652. The third-order valence-corrected chi connectivity index (χ3v) is 4.05. The lowest BCUT2D eigenvalue weighted by Crippen LogP contribution is -2.47. The summed E-state index contributed by atoms with van der Waals surface area (Å²) in [5.74, 6) is 0.347. The van der Waals surface area contributed by atoms with Crippen LogP contribution in [0, 0.1) is 5.41 Å². The standard InChI is InChI=1S/C16H23BrN2O3/c1-16(2,3)10-14(20)18-11-6-8-19(9-7-11)15(21)12-4-5-13(17)22-12/h4-5,11H,6-10H2,1-3H3,(H,18,20). The van der Waals surface area contributed by atoms with Crippen LogP contribution in [0.3, 0.4) is 0 Å². The number of furan rings is 1. The molecule has 0 aromatic carbocycles. The number of hydrogen-bond acceptors (Lipinski definition) is 3. The summed E-state index contributed by atoms with van der Waals surface area (Å²) in [6.07, 6.45) is 2.08. The highest BCUT2D eigenvalue weighted by Gasteiger charge is 2.27. The van der Waals surface area contributed by atoms with Crippen molar-refractivity contribution < 1.29 is 14.0 Å². The molecule has 122 valence electrons. The van der Waals surface area contributed by atoms with E-state index < -0.39 is 0 Å². The summed E-state index contributed by atoms with van der Waals surface area (Å²) >= 11 is 3.20. The summed E-state index contributed by atoms with van der Waals surface area (Å²) in [6, 6.07) is 3.54. The predicted molar refractivity (Wildman–Crippen MR) is 87.5 cm³/mol. The van der Waals surface area contributed by atoms with Crippen molar-refractivity contribution in [1.29, 1.82) is 0 Å². The Bertz CT molecular complexity index is 540. The van der Waals surface area contributed by atoms with Crippen LogP contribution in [0.4, 0.5) is 0 Å². The highest BCUT2D eigenvalue weighted by molar-refractivity contribution is 9.10. The molecule has 1 fully saturated rings. The summed E-state index contributed by atoms with van der Waals surface area (Å²) in [7, 11) is 0. The van der Waals surface area contributed by atoms with Crippen LogP contribution in [-0.4, -0.2) is 35.8 Å². The van der Waals surface area contributed by atoms with E-state index in [1.54, 1.807) is 17.0 Å². The van der Waals surface area contributed by atoms with Crippen molar-refractivity contribution in [2.24, 2.45) is 5.41 Å². The van der Waals surface area contributed by atoms with Crippen LogP contribution in [0.2, 0.25) is 0 Å². The second-order valence-corrected chi connectivity index (χ2v) is 7.76. The molecular weight excluding hydrogens is 348 g/mol. The van der Waals surface area contributed by atoms with Crippen molar-refractivity contribution in [3.05, 3.63) is 22.6 Å². The molecule has 0 spiro atoms. The Morgan fingerprint density at radius 1 is 1.32 bits per heavy atom. The van der Waals surface area contributed by atoms with E-state index in [1.807, 2.05) is 0 Å². The van der Waals surface area contributed by atoms with E-state index in [-0.39, 0.29) is 23.3 Å². The number of carbonyl (C=O) groups is 2. The van der Waals surface area contributed by atoms with Gasteiger partial charge in [0, 0.05) is 25.6 Å². The fraction of sp³-hybridized carbons (Fsp3) is 0.625. The van der Waals surface area contributed by atoms with Gasteiger partial charge in [-0.3, -0.25) is 9.59 Å². The minimum atomic E-state index is -0.0924. The molecule has 1 aromatic rings. The Labute approximate surface area is 139 Å². The molecule has 2 heterocycles. The fourth-order valence-electron chi connectivity index (χ4n) is 2.57. The first-order valence-corrected chi connectivity index (χ1v) is 8.38. The van der Waals surface area contributed by atoms with E-state index >= 15 is 0 Å². The third-order valence-electron chi connectivity index (χ3n) is 3.62. The van der Waals surface area contributed by atoms with Gasteiger partial charge in [0.25, 0.3) is 5.91 Å². The van der Waals surface area contributed by atoms with Gasteiger partial charge in [0.05, 0.1) is 0 Å². The molecule has 0 bridgehead atoms. The van der Waals surface area contributed by atoms with Gasteiger partial charge in [-0.2, -0.15) is 0 Å². The average Bonchev–Trinajstić information content (AvgIpc) is 2.83. The highest BCUT2D eigenvalue weighted by atomic mass is 79.9. The average molecular weight is 371 g/mol. The lowest BCUT2D eigenvalue weighted by Gasteiger charge is -2.32. The van der Waals surface area contributed by atoms with Gasteiger partial charge in [-0.25, -0.2) is 0 Å². The molecule has 0 atom stereocenters. The zero-order valence-corrected chi connectivity index (χ0v) is 14.9. The quantitative estimate of drug-likeness (QED) is 0.888. The molecule has 2 amide bonds. The Balaban J connectivity index is 1.80. The minimum absolute atomic E-state index is 0.00652. The fourth-order valence-corrected chi connectivity index (χ4v) is 2.88. The first-order valence-electron chi connectivity index (χ1n) is 7.58. The Morgan fingerprint density at radius 3 is 2.45 bits per heavy atom. The number of likely N-dealkylation sites (tertiary alicyclic amines) is 1. The predicted octanol–water partition coefficient (Wildman–Crippen LogP) is 3.20. The molecule has 5 nitrogen and oxygen atoms in total. The van der Waals surface area contributed by atoms with Gasteiger partial charge >= 0.3 is 0 Å². The third kappa shape index (κ3) is 4.87. The van der Waals surface area contributed by atoms with E-state index in [1.165, 1.54) is 0 Å². The molecule has 1 aromatic heterocycles. The molecule has 1 N–H and O–H groups in total. The maximum absolute atomic E-state index is 12.3. The summed E-state index contributed by atoms with van der Waals surface area (Å²) in [4.78, 5) is 26.0. The second-order valence-electron chi connectivity index (χ2n) is 6.98. The molecule has 0 radical (unpaired) electrons. The minimum Gasteiger partial charge on any atom is -0.444 e. The number of hydrogen-bond donors (Lipinski definition) is 1. The number of carbonyl (C=O) groups excluding carboxylic acids is 2. The van der Waals surface area contributed by atoms with Gasteiger partial charge in [-0.1, -0.05) is 20.8 Å². The molecule has 22 heavy (non-hydrogen) atoms. The zero-order chi connectivity index (χ0) is 16.3. The van der Waals surface area contributed by atoms with Crippen LogP contribution >= 0.6 is 15.9 Å². The molecule has 0 saturated carbocycles. The van der Waals surface area contributed by atoms with E-state index in [0.717, 1.165) is 12.8 Å². The molecule has 0 unspecified atom stereocenters. The summed E-state index contributed by atoms with van der Waals surface area (Å²) in [5, 5.41) is 3.07. The van der Waals surface area contributed by atoms with Crippen LogP contribution < -0.4 is 5.32 Å². The van der Waals surface area contributed by atoms with E-state index in [9.17, 15) is 9.59 Å². The van der Waals surface area contributed by atoms with Crippen molar-refractivity contribution in [3.8, 4) is 0 Å². The first-order chi connectivity index (χ1) is 10.2. The number of piperidine rings is 1. The maximum Gasteiger partial charge on any atom is 0.289 e. The van der Waals surface area contributed by atoms with Gasteiger partial charge in [0.1, 0.15) is 0 Å². The first kappa shape index (κ1) is 17.1. The Hall–Kier alpha value is -1.30. The highest BCUT2D eigenvalue weighted by Crippen LogP contribution is 2.20. The van der Waals surface area contributed by atoms with Crippen LogP contribution in [0.15, 0.2) is 21.2 Å². The molecule has 1 aliphatic heterocycles. The smallest absolute Gasteiger partial charge is 0.289 e. The van der Waals surface area contributed by atoms with E-state index in [4.69, 9.17) is 4.42 Å². The van der Waals surface area contributed by atoms with Crippen LogP contribution in [0.25, 0.3) is 0 Å². The number of nitrogens with zero attached hydrogens (tertiary/aromatic N) is 1. The van der Waals surface area contributed by atoms with Gasteiger partial charge in [-0.05, 0) is 46.3 Å². The van der Waals surface area contributed by atoms with Crippen LogP contribution in [0.1, 0.15) is 50.6 Å². The number of amides is 2. The topological polar surface area (TPSA) is 62.6 Å². The normalized spacial score (nSPS) is 16.6. The number of halogens is 1. The summed E-state index contributed by atoms with van der Waals surface area (Å²) in [6.45, 7) is 7.43. The van der Waals surface area contributed by atoms with Crippen LogP contribution in [-0.2, 0) is 4.79 Å². The Kier molecular flexibility index (Phi) is 5.32. The van der Waals surface area contributed by atoms with Crippen molar-refractivity contribution in [2.75, 3.05) is 13.1 Å². The Morgan fingerprint density at radius 2 is 1.95 bits per heavy atom. The van der Waals surface area contributed by atoms with Crippen molar-refractivity contribution >= 4 is 27.7 Å². The van der Waals surface area contributed by atoms with Gasteiger partial charge in [0.15, 0.2) is 10.4 Å². The zero-order valence-electron chi connectivity index (χ0n) is 13.3. The molecule has 0 aliphatic carbocycles. The lowest BCUT2D eigenvalue weighted by molar-refractivity contribution is -0.123. The van der Waals surface area contributed by atoms with Crippen molar-refractivity contribution in [1.82, 2.24) is 10.2 Å². The van der Waals surface area contributed by atoms with Gasteiger partial charge in [0.2, 0.25) is 5.91 Å². The lowest BCUT2D eigenvalue weighted by atomic mass is 9.91. The van der Waals surface area contributed by atoms with E-state index in [2.05, 4.69) is 42.0 Å². The van der Waals surface area contributed by atoms with Gasteiger partial charge in [-0.15, -0.1) is 0 Å². The largest absolute Gasteiger partial charge is 0.444 e. The SMILES string of the molecule is CC(C)(C)CC(=O)NC1CCN(C(=O)c2ccc(Br)o2)CC1. The van der Waals surface area contributed by atoms with Gasteiger partial charge < -0.3 is 14.6 Å².